The molecule has 0 unspecified atom stereocenters. The van der Waals surface area contributed by atoms with Crippen molar-refractivity contribution in [1.29, 1.82) is 0 Å². The van der Waals surface area contributed by atoms with Crippen LogP contribution in [0.3, 0.4) is 0 Å². The van der Waals surface area contributed by atoms with Gasteiger partial charge in [-0.1, -0.05) is 17.7 Å². The lowest BCUT2D eigenvalue weighted by molar-refractivity contribution is -0.113. The first-order chi connectivity index (χ1) is 12.5. The summed E-state index contributed by atoms with van der Waals surface area (Å²) in [5.74, 6) is 0.581. The second-order valence-electron chi connectivity index (χ2n) is 6.37. The number of hydrogen-bond acceptors (Lipinski definition) is 5. The molecular formula is C17H18ClN3O4S. The van der Waals surface area contributed by atoms with Gasteiger partial charge in [0.25, 0.3) is 5.56 Å². The van der Waals surface area contributed by atoms with Crippen molar-refractivity contribution >= 4 is 35.1 Å². The molecule has 9 heteroatoms. The van der Waals surface area contributed by atoms with E-state index >= 15 is 0 Å². The van der Waals surface area contributed by atoms with Crippen molar-refractivity contribution in [2.45, 2.75) is 24.1 Å². The second kappa shape index (κ2) is 7.02. The van der Waals surface area contributed by atoms with Crippen molar-refractivity contribution in [3.63, 3.8) is 0 Å². The van der Waals surface area contributed by atoms with Crippen LogP contribution >= 0.6 is 23.4 Å². The highest BCUT2D eigenvalue weighted by atomic mass is 35.5. The van der Waals surface area contributed by atoms with Gasteiger partial charge < -0.3 is 15.2 Å². The van der Waals surface area contributed by atoms with Crippen molar-refractivity contribution in [3.05, 3.63) is 44.7 Å². The SMILES string of the molecule is O=C1CS[C@H](c2ccc(O)c(Cl)c2)c2c(n(C3CCOCC3)[nH]c2=O)N1. The molecule has 0 saturated carbocycles. The first-order valence-electron chi connectivity index (χ1n) is 8.36. The molecule has 1 fully saturated rings. The van der Waals surface area contributed by atoms with Crippen molar-refractivity contribution in [2.24, 2.45) is 0 Å². The molecule has 2 aliphatic heterocycles. The first kappa shape index (κ1) is 17.5. The molecule has 3 N–H and O–H groups in total. The van der Waals surface area contributed by atoms with Gasteiger partial charge in [-0.05, 0) is 30.5 Å². The van der Waals surface area contributed by atoms with E-state index in [0.717, 1.165) is 18.4 Å². The molecule has 1 saturated heterocycles. The predicted molar refractivity (Wildman–Crippen MR) is 100 cm³/mol. The number of nitrogens with one attached hydrogen (secondary N) is 2. The highest BCUT2D eigenvalue weighted by Gasteiger charge is 2.32. The predicted octanol–water partition coefficient (Wildman–Crippen LogP) is 2.66. The number of aromatic amines is 1. The molecule has 1 aromatic heterocycles. The zero-order valence-electron chi connectivity index (χ0n) is 13.8. The molecule has 1 amide bonds. The molecule has 3 heterocycles. The number of carbonyl (C=O) groups excluding carboxylic acids is 1. The van der Waals surface area contributed by atoms with Crippen LogP contribution in [-0.4, -0.2) is 39.8 Å². The number of H-pyrrole nitrogens is 1. The number of aromatic hydroxyl groups is 1. The first-order valence-corrected chi connectivity index (χ1v) is 9.79. The van der Waals surface area contributed by atoms with E-state index in [2.05, 4.69) is 10.4 Å². The lowest BCUT2D eigenvalue weighted by Crippen LogP contribution is -2.24. The van der Waals surface area contributed by atoms with Gasteiger partial charge in [0.2, 0.25) is 5.91 Å². The average molecular weight is 396 g/mol. The van der Waals surface area contributed by atoms with E-state index < -0.39 is 0 Å². The van der Waals surface area contributed by atoms with Crippen LogP contribution in [-0.2, 0) is 9.53 Å². The fraction of sp³-hybridized carbons (Fsp3) is 0.412. The number of phenols is 1. The molecule has 1 atom stereocenters. The minimum atomic E-state index is -0.355. The Labute approximate surface area is 158 Å². The number of carbonyl (C=O) groups is 1. The van der Waals surface area contributed by atoms with E-state index in [-0.39, 0.29) is 39.3 Å². The molecule has 1 aromatic carbocycles. The summed E-state index contributed by atoms with van der Waals surface area (Å²) < 4.78 is 7.17. The Morgan fingerprint density at radius 2 is 2.04 bits per heavy atom. The van der Waals surface area contributed by atoms with Crippen molar-refractivity contribution in [1.82, 2.24) is 9.78 Å². The lowest BCUT2D eigenvalue weighted by atomic mass is 10.1. The van der Waals surface area contributed by atoms with Crippen LogP contribution in [0.25, 0.3) is 0 Å². The van der Waals surface area contributed by atoms with Crippen molar-refractivity contribution in [3.8, 4) is 5.75 Å². The zero-order chi connectivity index (χ0) is 18.3. The van der Waals surface area contributed by atoms with Gasteiger partial charge >= 0.3 is 0 Å². The molecule has 7 nitrogen and oxygen atoms in total. The topological polar surface area (TPSA) is 96.3 Å². The third-order valence-corrected chi connectivity index (χ3v) is 6.27. The van der Waals surface area contributed by atoms with E-state index in [1.54, 1.807) is 16.8 Å². The minimum Gasteiger partial charge on any atom is -0.506 e. The van der Waals surface area contributed by atoms with Crippen LogP contribution in [0.5, 0.6) is 5.75 Å². The van der Waals surface area contributed by atoms with E-state index in [9.17, 15) is 14.7 Å². The molecule has 4 rings (SSSR count). The summed E-state index contributed by atoms with van der Waals surface area (Å²) in [6.45, 7) is 1.25. The fourth-order valence-corrected chi connectivity index (χ4v) is 4.71. The number of ether oxygens (including phenoxy) is 1. The van der Waals surface area contributed by atoms with Crippen LogP contribution in [0, 0.1) is 0 Å². The highest BCUT2D eigenvalue weighted by molar-refractivity contribution is 8.00. The molecule has 138 valence electrons. The largest absolute Gasteiger partial charge is 0.506 e. The van der Waals surface area contributed by atoms with Crippen LogP contribution in [0.15, 0.2) is 23.0 Å². The van der Waals surface area contributed by atoms with E-state index in [1.807, 2.05) is 0 Å². The second-order valence-corrected chi connectivity index (χ2v) is 7.87. The number of phenolic OH excluding ortho intramolecular Hbond substituents is 1. The number of anilines is 1. The van der Waals surface area contributed by atoms with Gasteiger partial charge in [0, 0.05) is 13.2 Å². The number of halogens is 1. The number of rotatable bonds is 2. The number of aromatic nitrogens is 2. The van der Waals surface area contributed by atoms with E-state index in [0.29, 0.717) is 24.6 Å². The van der Waals surface area contributed by atoms with Crippen molar-refractivity contribution in [2.75, 3.05) is 24.3 Å². The summed E-state index contributed by atoms with van der Waals surface area (Å²) in [4.78, 5) is 25.0. The Hall–Kier alpha value is -1.90. The number of benzene rings is 1. The maximum Gasteiger partial charge on any atom is 0.270 e. The molecule has 2 aliphatic rings. The Morgan fingerprint density at radius 1 is 1.27 bits per heavy atom. The van der Waals surface area contributed by atoms with Gasteiger partial charge in [-0.2, -0.15) is 0 Å². The number of hydrogen-bond donors (Lipinski definition) is 3. The van der Waals surface area contributed by atoms with Gasteiger partial charge in [0.05, 0.1) is 27.6 Å². The Bertz CT molecular complexity index is 904. The van der Waals surface area contributed by atoms with Crippen LogP contribution in [0.4, 0.5) is 5.82 Å². The van der Waals surface area contributed by atoms with E-state index in [1.165, 1.54) is 17.8 Å². The molecular weight excluding hydrogens is 378 g/mol. The summed E-state index contributed by atoms with van der Waals surface area (Å²) in [5.41, 5.74) is 1.05. The van der Waals surface area contributed by atoms with Gasteiger partial charge in [0.1, 0.15) is 11.6 Å². The molecule has 0 spiro atoms. The van der Waals surface area contributed by atoms with Gasteiger partial charge in [-0.25, -0.2) is 0 Å². The van der Waals surface area contributed by atoms with Crippen LogP contribution < -0.4 is 10.9 Å². The van der Waals surface area contributed by atoms with Crippen LogP contribution in [0.2, 0.25) is 5.02 Å². The normalized spacial score (nSPS) is 21.1. The Kier molecular flexibility index (Phi) is 4.73. The van der Waals surface area contributed by atoms with Gasteiger partial charge in [-0.3, -0.25) is 19.4 Å². The molecule has 2 aromatic rings. The van der Waals surface area contributed by atoms with Crippen LogP contribution in [0.1, 0.15) is 35.3 Å². The Balaban J connectivity index is 1.82. The molecule has 0 aliphatic carbocycles. The smallest absolute Gasteiger partial charge is 0.270 e. The number of nitrogens with zero attached hydrogens (tertiary/aromatic N) is 1. The average Bonchev–Trinajstić information content (AvgIpc) is 2.84. The minimum absolute atomic E-state index is 0.0165. The fourth-order valence-electron chi connectivity index (χ4n) is 3.41. The molecule has 0 bridgehead atoms. The third-order valence-electron chi connectivity index (χ3n) is 4.69. The molecule has 0 radical (unpaired) electrons. The third kappa shape index (κ3) is 3.13. The summed E-state index contributed by atoms with van der Waals surface area (Å²) in [6, 6.07) is 4.94. The lowest BCUT2D eigenvalue weighted by Gasteiger charge is -2.25. The quantitative estimate of drug-likeness (QED) is 0.726. The maximum absolute atomic E-state index is 12.8. The maximum atomic E-state index is 12.8. The van der Waals surface area contributed by atoms with E-state index in [4.69, 9.17) is 16.3 Å². The summed E-state index contributed by atoms with van der Waals surface area (Å²) >= 11 is 7.42. The summed E-state index contributed by atoms with van der Waals surface area (Å²) in [6.07, 6.45) is 1.55. The van der Waals surface area contributed by atoms with Gasteiger partial charge in [-0.15, -0.1) is 11.8 Å². The van der Waals surface area contributed by atoms with Crippen molar-refractivity contribution < 1.29 is 14.6 Å². The van der Waals surface area contributed by atoms with Gasteiger partial charge in [0.15, 0.2) is 0 Å². The number of amides is 1. The standard InChI is InChI=1S/C17H18ClN3O4S/c18-11-7-9(1-2-12(11)22)15-14-16(19-13(23)8-26-15)21(20-17(14)24)10-3-5-25-6-4-10/h1-2,7,10,15,22H,3-6,8H2,(H,19,23)(H,20,24)/t15-/m1/s1. The highest BCUT2D eigenvalue weighted by Crippen LogP contribution is 2.42. The summed E-state index contributed by atoms with van der Waals surface area (Å²) in [7, 11) is 0. The zero-order valence-corrected chi connectivity index (χ0v) is 15.4. The molecule has 26 heavy (non-hydrogen) atoms. The summed E-state index contributed by atoms with van der Waals surface area (Å²) in [5, 5.41) is 15.3. The number of fused-ring (bicyclic) bond motifs is 1. The number of thioether (sulfide) groups is 1. The Morgan fingerprint density at radius 3 is 2.77 bits per heavy atom. The monoisotopic (exact) mass is 395 g/mol.